The maximum atomic E-state index is 12.5. The van der Waals surface area contributed by atoms with Gasteiger partial charge in [-0.3, -0.25) is 0 Å². The molecule has 0 saturated carbocycles. The van der Waals surface area contributed by atoms with Crippen molar-refractivity contribution < 1.29 is 13.2 Å². The third-order valence-corrected chi connectivity index (χ3v) is 5.37. The molecule has 1 aromatic heterocycles. The fraction of sp³-hybridized carbons (Fsp3) is 0.357. The highest BCUT2D eigenvalue weighted by Gasteiger charge is 2.23. The van der Waals surface area contributed by atoms with Crippen LogP contribution in [0.3, 0.4) is 0 Å². The zero-order chi connectivity index (χ0) is 15.6. The van der Waals surface area contributed by atoms with Crippen LogP contribution in [-0.2, 0) is 10.0 Å². The second-order valence-corrected chi connectivity index (χ2v) is 7.53. The topological polar surface area (TPSA) is 68.3 Å². The zero-order valence-electron chi connectivity index (χ0n) is 12.4. The van der Waals surface area contributed by atoms with E-state index in [0.29, 0.717) is 11.4 Å². The standard InChI is InChI=1S/C14H18N2O3S2/c1-9-5-6-13(19-4)14(7-9)21(17,18)16-10(2)12-8-20-11(3)15-12/h5-8,10,16H,1-4H3. The number of nitrogens with zero attached hydrogens (tertiary/aromatic N) is 1. The summed E-state index contributed by atoms with van der Waals surface area (Å²) < 4.78 is 32.9. The fourth-order valence-corrected chi connectivity index (χ4v) is 4.11. The second-order valence-electron chi connectivity index (χ2n) is 4.79. The summed E-state index contributed by atoms with van der Waals surface area (Å²) in [4.78, 5) is 4.45. The number of hydrogen-bond acceptors (Lipinski definition) is 5. The van der Waals surface area contributed by atoms with Gasteiger partial charge in [0.05, 0.1) is 23.9 Å². The van der Waals surface area contributed by atoms with Gasteiger partial charge < -0.3 is 4.74 Å². The lowest BCUT2D eigenvalue weighted by atomic mass is 10.2. The Balaban J connectivity index is 2.32. The van der Waals surface area contributed by atoms with E-state index in [0.717, 1.165) is 10.6 Å². The van der Waals surface area contributed by atoms with Crippen LogP contribution in [0.4, 0.5) is 0 Å². The van der Waals surface area contributed by atoms with Crippen molar-refractivity contribution in [3.05, 3.63) is 39.8 Å². The number of hydrogen-bond donors (Lipinski definition) is 1. The first kappa shape index (κ1) is 15.9. The smallest absolute Gasteiger partial charge is 0.244 e. The third-order valence-electron chi connectivity index (χ3n) is 3.02. The Morgan fingerprint density at radius 3 is 2.62 bits per heavy atom. The second kappa shape index (κ2) is 6.13. The molecule has 1 aromatic carbocycles. The van der Waals surface area contributed by atoms with E-state index in [-0.39, 0.29) is 4.90 Å². The van der Waals surface area contributed by atoms with E-state index in [1.54, 1.807) is 19.1 Å². The van der Waals surface area contributed by atoms with Gasteiger partial charge in [0.2, 0.25) is 10.0 Å². The van der Waals surface area contributed by atoms with Gasteiger partial charge in [0.25, 0.3) is 0 Å². The van der Waals surface area contributed by atoms with Gasteiger partial charge in [-0.1, -0.05) is 6.07 Å². The van der Waals surface area contributed by atoms with Gasteiger partial charge in [-0.05, 0) is 38.5 Å². The van der Waals surface area contributed by atoms with Gasteiger partial charge in [0.1, 0.15) is 10.6 Å². The van der Waals surface area contributed by atoms with E-state index in [9.17, 15) is 8.42 Å². The molecule has 0 radical (unpaired) electrons. The van der Waals surface area contributed by atoms with Crippen molar-refractivity contribution in [3.63, 3.8) is 0 Å². The van der Waals surface area contributed by atoms with E-state index in [2.05, 4.69) is 9.71 Å². The minimum absolute atomic E-state index is 0.142. The van der Waals surface area contributed by atoms with Crippen molar-refractivity contribution in [2.24, 2.45) is 0 Å². The highest BCUT2D eigenvalue weighted by Crippen LogP contribution is 2.26. The Hall–Kier alpha value is -1.44. The molecule has 5 nitrogen and oxygen atoms in total. The zero-order valence-corrected chi connectivity index (χ0v) is 14.0. The first-order chi connectivity index (χ1) is 9.83. The molecule has 0 aliphatic carbocycles. The Bertz CT molecular complexity index is 738. The lowest BCUT2D eigenvalue weighted by Crippen LogP contribution is -2.27. The average molecular weight is 326 g/mol. The number of aryl methyl sites for hydroxylation is 2. The number of rotatable bonds is 5. The summed E-state index contributed by atoms with van der Waals surface area (Å²) in [5.74, 6) is 0.328. The molecule has 21 heavy (non-hydrogen) atoms. The van der Waals surface area contributed by atoms with Crippen LogP contribution in [-0.4, -0.2) is 20.5 Å². The van der Waals surface area contributed by atoms with Crippen LogP contribution >= 0.6 is 11.3 Å². The molecule has 0 saturated heterocycles. The van der Waals surface area contributed by atoms with Crippen LogP contribution in [0.15, 0.2) is 28.5 Å². The molecular formula is C14H18N2O3S2. The average Bonchev–Trinajstić information content (AvgIpc) is 2.85. The van der Waals surface area contributed by atoms with Gasteiger partial charge in [-0.2, -0.15) is 0 Å². The Labute approximate surface area is 129 Å². The summed E-state index contributed by atoms with van der Waals surface area (Å²) in [6.07, 6.45) is 0. The van der Waals surface area contributed by atoms with Crippen LogP contribution in [0.5, 0.6) is 5.75 Å². The summed E-state index contributed by atoms with van der Waals surface area (Å²) in [6.45, 7) is 5.50. The van der Waals surface area contributed by atoms with Gasteiger partial charge in [0, 0.05) is 5.38 Å². The van der Waals surface area contributed by atoms with Gasteiger partial charge in [-0.15, -0.1) is 11.3 Å². The van der Waals surface area contributed by atoms with E-state index >= 15 is 0 Å². The van der Waals surface area contributed by atoms with Crippen molar-refractivity contribution in [3.8, 4) is 5.75 Å². The predicted octanol–water partition coefficient (Wildman–Crippen LogP) is 2.81. The Morgan fingerprint density at radius 1 is 1.33 bits per heavy atom. The van der Waals surface area contributed by atoms with E-state index in [4.69, 9.17) is 4.74 Å². The highest BCUT2D eigenvalue weighted by molar-refractivity contribution is 7.89. The predicted molar refractivity (Wildman–Crippen MR) is 83.3 cm³/mol. The molecule has 0 fully saturated rings. The number of thiazole rings is 1. The van der Waals surface area contributed by atoms with Crippen LogP contribution in [0, 0.1) is 13.8 Å². The Kier molecular flexibility index (Phi) is 4.65. The maximum Gasteiger partial charge on any atom is 0.244 e. The first-order valence-electron chi connectivity index (χ1n) is 6.42. The molecule has 0 aliphatic rings. The van der Waals surface area contributed by atoms with E-state index in [1.807, 2.05) is 25.3 Å². The van der Waals surface area contributed by atoms with Crippen LogP contribution < -0.4 is 9.46 Å². The molecule has 2 rings (SSSR count). The van der Waals surface area contributed by atoms with Gasteiger partial charge >= 0.3 is 0 Å². The summed E-state index contributed by atoms with van der Waals surface area (Å²) in [5, 5.41) is 2.76. The number of benzene rings is 1. The lowest BCUT2D eigenvalue weighted by molar-refractivity contribution is 0.402. The van der Waals surface area contributed by atoms with E-state index in [1.165, 1.54) is 18.4 Å². The van der Waals surface area contributed by atoms with Gasteiger partial charge in [0.15, 0.2) is 0 Å². The van der Waals surface area contributed by atoms with Crippen LogP contribution in [0.1, 0.15) is 29.2 Å². The largest absolute Gasteiger partial charge is 0.495 e. The molecule has 0 spiro atoms. The van der Waals surface area contributed by atoms with Gasteiger partial charge in [-0.25, -0.2) is 18.1 Å². The lowest BCUT2D eigenvalue weighted by Gasteiger charge is -2.15. The first-order valence-corrected chi connectivity index (χ1v) is 8.79. The summed E-state index contributed by atoms with van der Waals surface area (Å²) in [6, 6.07) is 4.66. The molecule has 2 aromatic rings. The Morgan fingerprint density at radius 2 is 2.05 bits per heavy atom. The molecule has 0 aliphatic heterocycles. The fourth-order valence-electron chi connectivity index (χ4n) is 1.93. The van der Waals surface area contributed by atoms with Crippen molar-refractivity contribution >= 4 is 21.4 Å². The molecule has 1 heterocycles. The number of sulfonamides is 1. The van der Waals surface area contributed by atoms with E-state index < -0.39 is 16.1 Å². The van der Waals surface area contributed by atoms with Crippen molar-refractivity contribution in [2.75, 3.05) is 7.11 Å². The quantitative estimate of drug-likeness (QED) is 0.917. The third kappa shape index (κ3) is 3.61. The molecule has 1 N–H and O–H groups in total. The molecule has 7 heteroatoms. The van der Waals surface area contributed by atoms with Crippen molar-refractivity contribution in [2.45, 2.75) is 31.7 Å². The molecule has 0 bridgehead atoms. The number of methoxy groups -OCH3 is 1. The normalized spacial score (nSPS) is 13.1. The molecule has 1 unspecified atom stereocenters. The number of aromatic nitrogens is 1. The summed E-state index contributed by atoms with van der Waals surface area (Å²) in [7, 11) is -2.22. The minimum Gasteiger partial charge on any atom is -0.495 e. The maximum absolute atomic E-state index is 12.5. The van der Waals surface area contributed by atoms with Crippen LogP contribution in [0.25, 0.3) is 0 Å². The van der Waals surface area contributed by atoms with Crippen molar-refractivity contribution in [1.82, 2.24) is 9.71 Å². The molecule has 114 valence electrons. The molecular weight excluding hydrogens is 308 g/mol. The summed E-state index contributed by atoms with van der Waals surface area (Å²) >= 11 is 1.49. The summed E-state index contributed by atoms with van der Waals surface area (Å²) in [5.41, 5.74) is 1.57. The molecule has 0 amide bonds. The number of ether oxygens (including phenoxy) is 1. The minimum atomic E-state index is -3.67. The monoisotopic (exact) mass is 326 g/mol. The van der Waals surface area contributed by atoms with Crippen molar-refractivity contribution in [1.29, 1.82) is 0 Å². The SMILES string of the molecule is COc1ccc(C)cc1S(=O)(=O)NC(C)c1csc(C)n1. The molecule has 1 atom stereocenters. The van der Waals surface area contributed by atoms with Crippen LogP contribution in [0.2, 0.25) is 0 Å². The highest BCUT2D eigenvalue weighted by atomic mass is 32.2. The number of nitrogens with one attached hydrogen (secondary N) is 1.